The lowest BCUT2D eigenvalue weighted by Crippen LogP contribution is -2.51. The van der Waals surface area contributed by atoms with E-state index >= 15 is 0 Å². The zero-order valence-electron chi connectivity index (χ0n) is 12.3. The number of hydrogen-bond donors (Lipinski definition) is 2. The maximum absolute atomic E-state index is 12.5. The molecule has 0 aromatic carbocycles. The molecule has 0 aromatic heterocycles. The van der Waals surface area contributed by atoms with Gasteiger partial charge in [0.25, 0.3) is 0 Å². The summed E-state index contributed by atoms with van der Waals surface area (Å²) in [7, 11) is 0. The van der Waals surface area contributed by atoms with Crippen LogP contribution in [0.2, 0.25) is 0 Å². The van der Waals surface area contributed by atoms with Crippen LogP contribution in [0.4, 0.5) is 13.2 Å². The zero-order chi connectivity index (χ0) is 15.3. The third kappa shape index (κ3) is 5.16. The van der Waals surface area contributed by atoms with Gasteiger partial charge in [-0.25, -0.2) is 0 Å². The first-order valence-electron chi connectivity index (χ1n) is 8.04. The maximum atomic E-state index is 12.5. The summed E-state index contributed by atoms with van der Waals surface area (Å²) in [5, 5.41) is 5.60. The molecule has 0 spiro atoms. The van der Waals surface area contributed by atoms with Crippen molar-refractivity contribution in [2.24, 2.45) is 11.8 Å². The smallest absolute Gasteiger partial charge is 0.355 e. The van der Waals surface area contributed by atoms with E-state index in [1.807, 2.05) is 0 Å². The van der Waals surface area contributed by atoms with Crippen molar-refractivity contribution in [1.82, 2.24) is 10.6 Å². The number of carbonyl (C=O) groups excluding carboxylic acids is 1. The molecule has 1 saturated heterocycles. The standard InChI is InChI=1S/C15H25F3N2O/c16-15(17,18)12-6-7-13(20-10-12)14(21)19-9-8-11-4-2-1-3-5-11/h11-13,20H,1-10H2,(H,19,21). The Balaban J connectivity index is 1.63. The van der Waals surface area contributed by atoms with E-state index < -0.39 is 18.1 Å². The monoisotopic (exact) mass is 306 g/mol. The summed E-state index contributed by atoms with van der Waals surface area (Å²) in [5.41, 5.74) is 0. The van der Waals surface area contributed by atoms with Crippen LogP contribution in [0, 0.1) is 11.8 Å². The molecule has 0 radical (unpaired) electrons. The molecule has 3 nitrogen and oxygen atoms in total. The fourth-order valence-electron chi connectivity index (χ4n) is 3.36. The van der Waals surface area contributed by atoms with Gasteiger partial charge >= 0.3 is 6.18 Å². The molecule has 1 aliphatic carbocycles. The number of hydrogen-bond acceptors (Lipinski definition) is 2. The molecule has 122 valence electrons. The molecular weight excluding hydrogens is 281 g/mol. The molecule has 1 heterocycles. The highest BCUT2D eigenvalue weighted by Crippen LogP contribution is 2.32. The summed E-state index contributed by atoms with van der Waals surface area (Å²) in [6, 6.07) is -0.463. The minimum Gasteiger partial charge on any atom is -0.355 e. The lowest BCUT2D eigenvalue weighted by atomic mass is 9.87. The van der Waals surface area contributed by atoms with Crippen LogP contribution in [-0.2, 0) is 4.79 Å². The number of alkyl halides is 3. The van der Waals surface area contributed by atoms with Crippen LogP contribution < -0.4 is 10.6 Å². The predicted octanol–water partition coefficient (Wildman–Crippen LogP) is 3.00. The summed E-state index contributed by atoms with van der Waals surface area (Å²) in [6.07, 6.45) is 3.49. The van der Waals surface area contributed by atoms with E-state index in [1.54, 1.807) is 0 Å². The molecule has 1 saturated carbocycles. The number of piperidine rings is 1. The van der Waals surface area contributed by atoms with Gasteiger partial charge in [-0.05, 0) is 25.2 Å². The molecule has 6 heteroatoms. The highest BCUT2D eigenvalue weighted by molar-refractivity contribution is 5.81. The van der Waals surface area contributed by atoms with Gasteiger partial charge in [0, 0.05) is 13.1 Å². The van der Waals surface area contributed by atoms with E-state index in [2.05, 4.69) is 10.6 Å². The van der Waals surface area contributed by atoms with Crippen LogP contribution in [0.3, 0.4) is 0 Å². The predicted molar refractivity (Wildman–Crippen MR) is 74.8 cm³/mol. The zero-order valence-corrected chi connectivity index (χ0v) is 12.3. The van der Waals surface area contributed by atoms with Gasteiger partial charge in [-0.15, -0.1) is 0 Å². The molecule has 2 aliphatic rings. The van der Waals surface area contributed by atoms with Crippen LogP contribution in [0.15, 0.2) is 0 Å². The molecule has 2 atom stereocenters. The molecule has 21 heavy (non-hydrogen) atoms. The van der Waals surface area contributed by atoms with Crippen molar-refractivity contribution >= 4 is 5.91 Å². The SMILES string of the molecule is O=C(NCCC1CCCCC1)C1CCC(C(F)(F)F)CN1. The van der Waals surface area contributed by atoms with E-state index in [4.69, 9.17) is 0 Å². The Labute approximate surface area is 124 Å². The maximum Gasteiger partial charge on any atom is 0.393 e. The highest BCUT2D eigenvalue weighted by Gasteiger charge is 2.42. The topological polar surface area (TPSA) is 41.1 Å². The second-order valence-corrected chi connectivity index (χ2v) is 6.36. The van der Waals surface area contributed by atoms with Crippen molar-refractivity contribution in [2.75, 3.05) is 13.1 Å². The van der Waals surface area contributed by atoms with Crippen molar-refractivity contribution in [3.05, 3.63) is 0 Å². The Morgan fingerprint density at radius 3 is 2.38 bits per heavy atom. The van der Waals surface area contributed by atoms with Gasteiger partial charge in [0.1, 0.15) is 0 Å². The van der Waals surface area contributed by atoms with Crippen LogP contribution >= 0.6 is 0 Å². The molecule has 0 bridgehead atoms. The lowest BCUT2D eigenvalue weighted by molar-refractivity contribution is -0.180. The number of nitrogens with one attached hydrogen (secondary N) is 2. The summed E-state index contributed by atoms with van der Waals surface area (Å²) in [5.74, 6) is -0.761. The van der Waals surface area contributed by atoms with Gasteiger partial charge in [-0.2, -0.15) is 13.2 Å². The summed E-state index contributed by atoms with van der Waals surface area (Å²) >= 11 is 0. The summed E-state index contributed by atoms with van der Waals surface area (Å²) < 4.78 is 37.6. The van der Waals surface area contributed by atoms with E-state index in [0.717, 1.165) is 6.42 Å². The average molecular weight is 306 g/mol. The highest BCUT2D eigenvalue weighted by atomic mass is 19.4. The Morgan fingerprint density at radius 1 is 1.10 bits per heavy atom. The first kappa shape index (κ1) is 16.6. The van der Waals surface area contributed by atoms with Gasteiger partial charge in [-0.3, -0.25) is 4.79 Å². The van der Waals surface area contributed by atoms with E-state index in [1.165, 1.54) is 32.1 Å². The van der Waals surface area contributed by atoms with Crippen LogP contribution in [0.1, 0.15) is 51.4 Å². The third-order valence-corrected chi connectivity index (χ3v) is 4.77. The Morgan fingerprint density at radius 2 is 1.81 bits per heavy atom. The summed E-state index contributed by atoms with van der Waals surface area (Å²) in [4.78, 5) is 11.9. The largest absolute Gasteiger partial charge is 0.393 e. The first-order chi connectivity index (χ1) is 9.97. The molecule has 1 aliphatic heterocycles. The Hall–Kier alpha value is -0.780. The van der Waals surface area contributed by atoms with E-state index in [-0.39, 0.29) is 25.3 Å². The Bertz CT molecular complexity index is 332. The fraction of sp³-hybridized carbons (Fsp3) is 0.933. The van der Waals surface area contributed by atoms with Gasteiger partial charge in [0.15, 0.2) is 0 Å². The average Bonchev–Trinajstić information content (AvgIpc) is 2.47. The quantitative estimate of drug-likeness (QED) is 0.838. The first-order valence-corrected chi connectivity index (χ1v) is 8.04. The van der Waals surface area contributed by atoms with Crippen molar-refractivity contribution in [1.29, 1.82) is 0 Å². The van der Waals surface area contributed by atoms with E-state index in [0.29, 0.717) is 12.5 Å². The lowest BCUT2D eigenvalue weighted by Gasteiger charge is -2.30. The molecule has 0 aromatic rings. The summed E-state index contributed by atoms with van der Waals surface area (Å²) in [6.45, 7) is 0.495. The van der Waals surface area contributed by atoms with Crippen molar-refractivity contribution in [3.8, 4) is 0 Å². The second-order valence-electron chi connectivity index (χ2n) is 6.36. The molecule has 2 fully saturated rings. The van der Waals surface area contributed by atoms with Crippen molar-refractivity contribution in [2.45, 2.75) is 63.6 Å². The molecule has 1 amide bonds. The molecule has 2 N–H and O–H groups in total. The van der Waals surface area contributed by atoms with E-state index in [9.17, 15) is 18.0 Å². The van der Waals surface area contributed by atoms with Crippen molar-refractivity contribution in [3.63, 3.8) is 0 Å². The molecule has 2 rings (SSSR count). The molecule has 2 unspecified atom stereocenters. The van der Waals surface area contributed by atoms with Gasteiger partial charge in [-0.1, -0.05) is 32.1 Å². The number of carbonyl (C=O) groups is 1. The minimum atomic E-state index is -4.16. The fourth-order valence-corrected chi connectivity index (χ4v) is 3.36. The van der Waals surface area contributed by atoms with Crippen LogP contribution in [0.5, 0.6) is 0 Å². The molecular formula is C15H25F3N2O. The van der Waals surface area contributed by atoms with Gasteiger partial charge in [0.2, 0.25) is 5.91 Å². The minimum absolute atomic E-state index is 0.0389. The Kier molecular flexibility index (Phi) is 5.90. The van der Waals surface area contributed by atoms with Gasteiger partial charge < -0.3 is 10.6 Å². The van der Waals surface area contributed by atoms with Gasteiger partial charge in [0.05, 0.1) is 12.0 Å². The number of rotatable bonds is 4. The number of amides is 1. The van der Waals surface area contributed by atoms with Crippen LogP contribution in [0.25, 0.3) is 0 Å². The van der Waals surface area contributed by atoms with Crippen LogP contribution in [-0.4, -0.2) is 31.2 Å². The van der Waals surface area contributed by atoms with Crippen molar-refractivity contribution < 1.29 is 18.0 Å². The number of halogens is 3. The third-order valence-electron chi connectivity index (χ3n) is 4.77. The normalized spacial score (nSPS) is 28.3. The second kappa shape index (κ2) is 7.47.